The Kier molecular flexibility index (Phi) is 8.76. The molecule has 0 amide bonds. The molecule has 0 radical (unpaired) electrons. The molecule has 10 nitrogen and oxygen atoms in total. The topological polar surface area (TPSA) is 118 Å². The highest BCUT2D eigenvalue weighted by Crippen LogP contribution is 2.29. The zero-order valence-electron chi connectivity index (χ0n) is 21.8. The van der Waals surface area contributed by atoms with Gasteiger partial charge in [0.2, 0.25) is 5.95 Å². The number of hydrogen-bond acceptors (Lipinski definition) is 8. The Morgan fingerprint density at radius 3 is 2.24 bits per heavy atom. The third-order valence-corrected chi connectivity index (χ3v) is 5.76. The molecule has 0 atom stereocenters. The molecular formula is C26H24F5N7O3. The van der Waals surface area contributed by atoms with Gasteiger partial charge in [-0.1, -0.05) is 0 Å². The second-order valence-electron chi connectivity index (χ2n) is 8.78. The molecule has 4 aromatic rings. The average Bonchev–Trinajstić information content (AvgIpc) is 3.27. The minimum atomic E-state index is -5.08. The minimum Gasteiger partial charge on any atom is -0.475 e. The summed E-state index contributed by atoms with van der Waals surface area (Å²) in [6.45, 7) is 6.15. The summed E-state index contributed by atoms with van der Waals surface area (Å²) >= 11 is 0. The number of aromatic nitrogens is 5. The van der Waals surface area contributed by atoms with Gasteiger partial charge in [0.15, 0.2) is 5.82 Å². The zero-order valence-corrected chi connectivity index (χ0v) is 21.8. The predicted molar refractivity (Wildman–Crippen MR) is 138 cm³/mol. The number of morpholine rings is 1. The van der Waals surface area contributed by atoms with E-state index in [2.05, 4.69) is 25.4 Å². The molecule has 216 valence electrons. The van der Waals surface area contributed by atoms with Crippen LogP contribution in [0.4, 0.5) is 39.3 Å². The number of nitrogens with one attached hydrogen (secondary N) is 1. The van der Waals surface area contributed by atoms with E-state index in [-0.39, 0.29) is 11.6 Å². The monoisotopic (exact) mass is 577 g/mol. The molecule has 1 aliphatic rings. The Hall–Kier alpha value is -4.66. The fraction of sp³-hybridized carbons (Fsp3) is 0.269. The number of alkyl halides is 3. The van der Waals surface area contributed by atoms with E-state index in [1.54, 1.807) is 10.7 Å². The Labute approximate surface area is 230 Å². The van der Waals surface area contributed by atoms with Gasteiger partial charge in [-0.15, -0.1) is 0 Å². The van der Waals surface area contributed by atoms with E-state index < -0.39 is 23.8 Å². The van der Waals surface area contributed by atoms with Crippen molar-refractivity contribution in [3.63, 3.8) is 0 Å². The normalized spacial score (nSPS) is 13.4. The molecule has 1 fully saturated rings. The van der Waals surface area contributed by atoms with Crippen molar-refractivity contribution in [3.05, 3.63) is 71.9 Å². The summed E-state index contributed by atoms with van der Waals surface area (Å²) < 4.78 is 67.9. The number of carboxylic acids is 1. The van der Waals surface area contributed by atoms with Crippen molar-refractivity contribution in [3.8, 4) is 16.9 Å². The Morgan fingerprint density at radius 1 is 1.00 bits per heavy atom. The third kappa shape index (κ3) is 7.51. The summed E-state index contributed by atoms with van der Waals surface area (Å²) in [6, 6.07) is 11.9. The molecule has 1 saturated heterocycles. The predicted octanol–water partition coefficient (Wildman–Crippen LogP) is 4.83. The van der Waals surface area contributed by atoms with Gasteiger partial charge in [0.05, 0.1) is 25.1 Å². The molecule has 5 rings (SSSR count). The average molecular weight is 578 g/mol. The summed E-state index contributed by atoms with van der Waals surface area (Å²) in [5, 5.41) is 14.6. The summed E-state index contributed by atoms with van der Waals surface area (Å²) in [6.07, 6.45) is -4.00. The first-order valence-corrected chi connectivity index (χ1v) is 12.1. The highest BCUT2D eigenvalue weighted by Gasteiger charge is 2.38. The Bertz CT molecular complexity index is 1520. The fourth-order valence-electron chi connectivity index (χ4n) is 3.93. The van der Waals surface area contributed by atoms with Crippen LogP contribution in [0.2, 0.25) is 0 Å². The van der Waals surface area contributed by atoms with Gasteiger partial charge < -0.3 is 20.1 Å². The van der Waals surface area contributed by atoms with Crippen molar-refractivity contribution >= 4 is 23.3 Å². The Balaban J connectivity index is 0.000000493. The van der Waals surface area contributed by atoms with Gasteiger partial charge in [0.25, 0.3) is 0 Å². The van der Waals surface area contributed by atoms with Gasteiger partial charge >= 0.3 is 12.1 Å². The van der Waals surface area contributed by atoms with Gasteiger partial charge in [0.1, 0.15) is 23.2 Å². The standard InChI is InChI=1S/C24H23F2N7O.C2HF3O2/c1-15-28-16(2)33(31-15)20-5-3-19(4-6-20)29-24-27-14-22(26)23(30-24)17-11-18(25)13-21(12-17)32-7-9-34-10-8-32;3-2(4,5)1(6)7/h3-6,11-14H,7-10H2,1-2H3,(H,27,29,30);(H,6,7). The minimum absolute atomic E-state index is 0.0249. The van der Waals surface area contributed by atoms with Gasteiger partial charge in [-0.3, -0.25) is 0 Å². The number of nitrogens with zero attached hydrogens (tertiary/aromatic N) is 6. The van der Waals surface area contributed by atoms with Crippen LogP contribution >= 0.6 is 0 Å². The molecule has 41 heavy (non-hydrogen) atoms. The van der Waals surface area contributed by atoms with E-state index in [0.717, 1.165) is 17.7 Å². The van der Waals surface area contributed by atoms with Crippen molar-refractivity contribution in [1.82, 2.24) is 24.7 Å². The van der Waals surface area contributed by atoms with Gasteiger partial charge in [-0.25, -0.2) is 33.2 Å². The largest absolute Gasteiger partial charge is 0.490 e. The highest BCUT2D eigenvalue weighted by molar-refractivity contribution is 5.73. The molecule has 2 N–H and O–H groups in total. The number of halogens is 5. The number of rotatable bonds is 5. The fourth-order valence-corrected chi connectivity index (χ4v) is 3.93. The van der Waals surface area contributed by atoms with Crippen LogP contribution in [0.5, 0.6) is 0 Å². The van der Waals surface area contributed by atoms with E-state index in [9.17, 15) is 22.0 Å². The Morgan fingerprint density at radius 2 is 1.66 bits per heavy atom. The third-order valence-electron chi connectivity index (χ3n) is 5.76. The van der Waals surface area contributed by atoms with Crippen molar-refractivity contribution in [1.29, 1.82) is 0 Å². The lowest BCUT2D eigenvalue weighted by atomic mass is 10.1. The lowest BCUT2D eigenvalue weighted by molar-refractivity contribution is -0.192. The van der Waals surface area contributed by atoms with Crippen LogP contribution in [0.25, 0.3) is 16.9 Å². The molecule has 0 unspecified atom stereocenters. The number of aliphatic carboxylic acids is 1. The molecule has 0 bridgehead atoms. The molecule has 2 aromatic carbocycles. The molecule has 3 heterocycles. The number of hydrogen-bond donors (Lipinski definition) is 2. The van der Waals surface area contributed by atoms with Crippen LogP contribution in [0.3, 0.4) is 0 Å². The first-order chi connectivity index (χ1) is 19.4. The van der Waals surface area contributed by atoms with E-state index in [1.165, 1.54) is 12.1 Å². The maximum absolute atomic E-state index is 14.7. The van der Waals surface area contributed by atoms with Crippen molar-refractivity contribution in [2.75, 3.05) is 36.5 Å². The first kappa shape index (κ1) is 29.3. The SMILES string of the molecule is Cc1nc(C)n(-c2ccc(Nc3ncc(F)c(-c4cc(F)cc(N5CCOCC5)c4)n3)cc2)n1.O=C(O)C(F)(F)F. The molecule has 0 aliphatic carbocycles. The van der Waals surface area contributed by atoms with Crippen molar-refractivity contribution < 1.29 is 36.6 Å². The van der Waals surface area contributed by atoms with E-state index in [0.29, 0.717) is 49.1 Å². The van der Waals surface area contributed by atoms with Crippen LogP contribution in [-0.4, -0.2) is 68.3 Å². The van der Waals surface area contributed by atoms with Crippen LogP contribution in [0.15, 0.2) is 48.7 Å². The number of benzene rings is 2. The van der Waals surface area contributed by atoms with Crippen LogP contribution in [0, 0.1) is 25.5 Å². The van der Waals surface area contributed by atoms with Crippen LogP contribution < -0.4 is 10.2 Å². The van der Waals surface area contributed by atoms with E-state index >= 15 is 0 Å². The number of anilines is 3. The van der Waals surface area contributed by atoms with Crippen LogP contribution in [-0.2, 0) is 9.53 Å². The maximum Gasteiger partial charge on any atom is 0.490 e. The first-order valence-electron chi connectivity index (χ1n) is 12.1. The molecule has 1 aliphatic heterocycles. The summed E-state index contributed by atoms with van der Waals surface area (Å²) in [5.74, 6) is -2.16. The maximum atomic E-state index is 14.7. The molecule has 0 saturated carbocycles. The molecular weight excluding hydrogens is 553 g/mol. The zero-order chi connectivity index (χ0) is 29.7. The summed E-state index contributed by atoms with van der Waals surface area (Å²) in [4.78, 5) is 23.6. The van der Waals surface area contributed by atoms with Crippen molar-refractivity contribution in [2.24, 2.45) is 0 Å². The van der Waals surface area contributed by atoms with Gasteiger partial charge in [-0.2, -0.15) is 18.3 Å². The van der Waals surface area contributed by atoms with E-state index in [1.807, 2.05) is 43.0 Å². The quantitative estimate of drug-likeness (QED) is 0.322. The molecule has 15 heteroatoms. The van der Waals surface area contributed by atoms with Crippen molar-refractivity contribution in [2.45, 2.75) is 20.0 Å². The summed E-state index contributed by atoms with van der Waals surface area (Å²) in [7, 11) is 0. The number of ether oxygens (including phenoxy) is 1. The lowest BCUT2D eigenvalue weighted by Gasteiger charge is -2.29. The number of aryl methyl sites for hydroxylation is 2. The second kappa shape index (κ2) is 12.2. The number of carboxylic acid groups (broad SMARTS) is 1. The number of carbonyl (C=O) groups is 1. The smallest absolute Gasteiger partial charge is 0.475 e. The van der Waals surface area contributed by atoms with E-state index in [4.69, 9.17) is 14.6 Å². The lowest BCUT2D eigenvalue weighted by Crippen LogP contribution is -2.36. The molecule has 0 spiro atoms. The van der Waals surface area contributed by atoms with Gasteiger partial charge in [0, 0.05) is 30.0 Å². The van der Waals surface area contributed by atoms with Gasteiger partial charge in [-0.05, 0) is 56.3 Å². The highest BCUT2D eigenvalue weighted by atomic mass is 19.4. The van der Waals surface area contributed by atoms with Crippen LogP contribution in [0.1, 0.15) is 11.6 Å². The molecule has 2 aromatic heterocycles. The second-order valence-corrected chi connectivity index (χ2v) is 8.78. The summed E-state index contributed by atoms with van der Waals surface area (Å²) in [5.41, 5.74) is 2.61.